The summed E-state index contributed by atoms with van der Waals surface area (Å²) in [6.07, 6.45) is 1.41. The molecule has 0 bridgehead atoms. The number of likely N-dealkylation sites (tertiary alicyclic amines) is 1. The lowest BCUT2D eigenvalue weighted by atomic mass is 10.1. The summed E-state index contributed by atoms with van der Waals surface area (Å²) in [5.74, 6) is -0.295. The lowest BCUT2D eigenvalue weighted by Gasteiger charge is -2.23. The number of halogens is 1. The van der Waals surface area contributed by atoms with Crippen LogP contribution in [0.3, 0.4) is 0 Å². The topological polar surface area (TPSA) is 87.7 Å². The van der Waals surface area contributed by atoms with Gasteiger partial charge >= 0.3 is 0 Å². The van der Waals surface area contributed by atoms with E-state index in [0.29, 0.717) is 18.7 Å². The molecular weight excluding hydrogens is 426 g/mol. The smallest absolute Gasteiger partial charge is 0.258 e. The quantitative estimate of drug-likeness (QED) is 0.706. The standard InChI is InChI=1S/C20H22BrN3O4/c1-22-20(27)15-7-4-10-24(15)18(26)11-23-17(25)12-28-16-9-8-13-5-2-3-6-14(13)19(16)21/h2-3,5-6,8-9,15H,4,7,10-12H2,1H3,(H,22,27)(H,23,25). The van der Waals surface area contributed by atoms with Crippen molar-refractivity contribution in [3.8, 4) is 5.75 Å². The number of nitrogens with zero attached hydrogens (tertiary/aromatic N) is 1. The fourth-order valence-corrected chi connectivity index (χ4v) is 3.91. The summed E-state index contributed by atoms with van der Waals surface area (Å²) >= 11 is 3.51. The van der Waals surface area contributed by atoms with Crippen LogP contribution in [0.4, 0.5) is 0 Å². The van der Waals surface area contributed by atoms with Crippen LogP contribution >= 0.6 is 15.9 Å². The van der Waals surface area contributed by atoms with Crippen LogP contribution in [0.25, 0.3) is 10.8 Å². The van der Waals surface area contributed by atoms with E-state index in [-0.39, 0.29) is 25.0 Å². The number of hydrogen-bond donors (Lipinski definition) is 2. The van der Waals surface area contributed by atoms with E-state index in [1.54, 1.807) is 13.1 Å². The maximum Gasteiger partial charge on any atom is 0.258 e. The zero-order valence-electron chi connectivity index (χ0n) is 15.5. The third kappa shape index (κ3) is 4.44. The van der Waals surface area contributed by atoms with Crippen molar-refractivity contribution in [1.29, 1.82) is 0 Å². The molecule has 0 spiro atoms. The number of carbonyl (C=O) groups is 3. The Hall–Kier alpha value is -2.61. The minimum atomic E-state index is -0.459. The third-order valence-corrected chi connectivity index (χ3v) is 5.56. The second-order valence-corrected chi connectivity index (χ2v) is 7.32. The first kappa shape index (κ1) is 20.1. The van der Waals surface area contributed by atoms with Crippen molar-refractivity contribution in [1.82, 2.24) is 15.5 Å². The van der Waals surface area contributed by atoms with E-state index in [0.717, 1.165) is 21.7 Å². The van der Waals surface area contributed by atoms with Crippen molar-refractivity contribution in [2.24, 2.45) is 0 Å². The summed E-state index contributed by atoms with van der Waals surface area (Å²) in [5, 5.41) is 7.18. The van der Waals surface area contributed by atoms with E-state index in [9.17, 15) is 14.4 Å². The molecule has 3 rings (SSSR count). The van der Waals surface area contributed by atoms with Crippen molar-refractivity contribution in [2.45, 2.75) is 18.9 Å². The molecule has 0 radical (unpaired) electrons. The average Bonchev–Trinajstić information content (AvgIpc) is 3.21. The van der Waals surface area contributed by atoms with Gasteiger partial charge < -0.3 is 20.3 Å². The Bertz CT molecular complexity index is 902. The normalized spacial score (nSPS) is 16.1. The van der Waals surface area contributed by atoms with E-state index >= 15 is 0 Å². The molecule has 1 heterocycles. The second kappa shape index (κ2) is 9.05. The molecule has 7 nitrogen and oxygen atoms in total. The zero-order chi connectivity index (χ0) is 20.1. The number of likely N-dealkylation sites (N-methyl/N-ethyl adjacent to an activating group) is 1. The summed E-state index contributed by atoms with van der Waals surface area (Å²) < 4.78 is 6.37. The van der Waals surface area contributed by atoms with Gasteiger partial charge in [-0.25, -0.2) is 0 Å². The Morgan fingerprint density at radius 3 is 2.79 bits per heavy atom. The van der Waals surface area contributed by atoms with Gasteiger partial charge in [0.25, 0.3) is 5.91 Å². The fraction of sp³-hybridized carbons (Fsp3) is 0.350. The first-order valence-electron chi connectivity index (χ1n) is 9.09. The first-order chi connectivity index (χ1) is 13.5. The van der Waals surface area contributed by atoms with Gasteiger partial charge in [0, 0.05) is 13.6 Å². The molecule has 8 heteroatoms. The number of carbonyl (C=O) groups excluding carboxylic acids is 3. The SMILES string of the molecule is CNC(=O)C1CCCN1C(=O)CNC(=O)COc1ccc2ccccc2c1Br. The highest BCUT2D eigenvalue weighted by Crippen LogP contribution is 2.32. The van der Waals surface area contributed by atoms with Crippen molar-refractivity contribution in [2.75, 3.05) is 26.7 Å². The molecule has 1 aliphatic rings. The van der Waals surface area contributed by atoms with Gasteiger partial charge in [0.15, 0.2) is 6.61 Å². The van der Waals surface area contributed by atoms with Crippen LogP contribution in [0.1, 0.15) is 12.8 Å². The maximum atomic E-state index is 12.3. The molecule has 1 saturated heterocycles. The molecule has 0 aromatic heterocycles. The zero-order valence-corrected chi connectivity index (χ0v) is 17.1. The maximum absolute atomic E-state index is 12.3. The van der Waals surface area contributed by atoms with Crippen LogP contribution < -0.4 is 15.4 Å². The monoisotopic (exact) mass is 447 g/mol. The van der Waals surface area contributed by atoms with Crippen molar-refractivity contribution in [3.05, 3.63) is 40.9 Å². The number of benzene rings is 2. The number of fused-ring (bicyclic) bond motifs is 1. The van der Waals surface area contributed by atoms with Crippen LogP contribution in [-0.4, -0.2) is 55.4 Å². The average molecular weight is 448 g/mol. The van der Waals surface area contributed by atoms with Gasteiger partial charge in [-0.3, -0.25) is 14.4 Å². The second-order valence-electron chi connectivity index (χ2n) is 6.52. The number of nitrogens with one attached hydrogen (secondary N) is 2. The molecular formula is C20H22BrN3O4. The van der Waals surface area contributed by atoms with E-state index in [1.807, 2.05) is 30.3 Å². The van der Waals surface area contributed by atoms with Gasteiger partial charge in [0.1, 0.15) is 11.8 Å². The lowest BCUT2D eigenvalue weighted by Crippen LogP contribution is -2.48. The van der Waals surface area contributed by atoms with E-state index < -0.39 is 11.9 Å². The predicted molar refractivity (Wildman–Crippen MR) is 109 cm³/mol. The third-order valence-electron chi connectivity index (χ3n) is 4.75. The molecule has 1 fully saturated rings. The van der Waals surface area contributed by atoms with Gasteiger partial charge in [0.05, 0.1) is 11.0 Å². The Morgan fingerprint density at radius 2 is 2.00 bits per heavy atom. The molecule has 1 unspecified atom stereocenters. The summed E-state index contributed by atoms with van der Waals surface area (Å²) in [6, 6.07) is 11.1. The molecule has 28 heavy (non-hydrogen) atoms. The lowest BCUT2D eigenvalue weighted by molar-refractivity contribution is -0.138. The van der Waals surface area contributed by atoms with Crippen LogP contribution in [0.5, 0.6) is 5.75 Å². The molecule has 1 aliphatic heterocycles. The van der Waals surface area contributed by atoms with Gasteiger partial charge in [-0.15, -0.1) is 0 Å². The number of ether oxygens (including phenoxy) is 1. The molecule has 3 amide bonds. The highest BCUT2D eigenvalue weighted by atomic mass is 79.9. The molecule has 148 valence electrons. The summed E-state index contributed by atoms with van der Waals surface area (Å²) in [5.41, 5.74) is 0. The van der Waals surface area contributed by atoms with Crippen LogP contribution in [0, 0.1) is 0 Å². The number of amides is 3. The Balaban J connectivity index is 1.52. The minimum absolute atomic E-state index is 0.158. The van der Waals surface area contributed by atoms with Crippen molar-refractivity contribution < 1.29 is 19.1 Å². The van der Waals surface area contributed by atoms with Crippen LogP contribution in [0.2, 0.25) is 0 Å². The highest BCUT2D eigenvalue weighted by molar-refractivity contribution is 9.10. The first-order valence-corrected chi connectivity index (χ1v) is 9.88. The predicted octanol–water partition coefficient (Wildman–Crippen LogP) is 1.83. The van der Waals surface area contributed by atoms with Gasteiger partial charge in [-0.05, 0) is 45.6 Å². The van der Waals surface area contributed by atoms with E-state index in [4.69, 9.17) is 4.74 Å². The van der Waals surface area contributed by atoms with Gasteiger partial charge in [-0.2, -0.15) is 0 Å². The molecule has 1 atom stereocenters. The van der Waals surface area contributed by atoms with Crippen molar-refractivity contribution in [3.63, 3.8) is 0 Å². The van der Waals surface area contributed by atoms with Crippen LogP contribution in [-0.2, 0) is 14.4 Å². The Labute approximate surface area is 171 Å². The molecule has 0 saturated carbocycles. The van der Waals surface area contributed by atoms with Gasteiger partial charge in [-0.1, -0.05) is 30.3 Å². The van der Waals surface area contributed by atoms with Crippen LogP contribution in [0.15, 0.2) is 40.9 Å². The number of hydrogen-bond acceptors (Lipinski definition) is 4. The molecule has 2 aromatic carbocycles. The Kier molecular flexibility index (Phi) is 6.51. The van der Waals surface area contributed by atoms with E-state index in [1.165, 1.54) is 4.90 Å². The number of rotatable bonds is 6. The summed E-state index contributed by atoms with van der Waals surface area (Å²) in [6.45, 7) is 0.158. The van der Waals surface area contributed by atoms with Crippen molar-refractivity contribution >= 4 is 44.4 Å². The summed E-state index contributed by atoms with van der Waals surface area (Å²) in [7, 11) is 1.55. The highest BCUT2D eigenvalue weighted by Gasteiger charge is 2.33. The Morgan fingerprint density at radius 1 is 1.21 bits per heavy atom. The molecule has 2 aromatic rings. The largest absolute Gasteiger partial charge is 0.483 e. The summed E-state index contributed by atoms with van der Waals surface area (Å²) in [4.78, 5) is 37.8. The molecule has 2 N–H and O–H groups in total. The molecule has 0 aliphatic carbocycles. The van der Waals surface area contributed by atoms with Gasteiger partial charge in [0.2, 0.25) is 11.8 Å². The minimum Gasteiger partial charge on any atom is -0.483 e. The fourth-order valence-electron chi connectivity index (χ4n) is 3.30. The van der Waals surface area contributed by atoms with E-state index in [2.05, 4.69) is 26.6 Å².